The standard InChI is InChI=1S/C19H40N2/c1-6-12-20-15-19(11-9-10-18(5)13-19)16-21(8-3)14-17(4)7-2/h17-18,20H,6-16H2,1-5H3. The topological polar surface area (TPSA) is 15.3 Å². The molecular formula is C19H40N2. The molecule has 0 aliphatic heterocycles. The van der Waals surface area contributed by atoms with Gasteiger partial charge in [-0.3, -0.25) is 0 Å². The smallest absolute Gasteiger partial charge is 0.00502 e. The van der Waals surface area contributed by atoms with Crippen LogP contribution in [0.1, 0.15) is 73.1 Å². The van der Waals surface area contributed by atoms with Gasteiger partial charge in [-0.15, -0.1) is 0 Å². The fourth-order valence-corrected chi connectivity index (χ4v) is 4.01. The van der Waals surface area contributed by atoms with Gasteiger partial charge in [-0.2, -0.15) is 0 Å². The van der Waals surface area contributed by atoms with Crippen molar-refractivity contribution in [2.45, 2.75) is 73.1 Å². The van der Waals surface area contributed by atoms with Gasteiger partial charge in [-0.1, -0.05) is 53.9 Å². The molecule has 1 aliphatic carbocycles. The summed E-state index contributed by atoms with van der Waals surface area (Å²) in [5.74, 6) is 1.73. The molecule has 0 aromatic carbocycles. The fourth-order valence-electron chi connectivity index (χ4n) is 4.01. The molecule has 0 spiro atoms. The molecule has 3 unspecified atom stereocenters. The molecule has 1 aliphatic rings. The number of hydrogen-bond donors (Lipinski definition) is 1. The summed E-state index contributed by atoms with van der Waals surface area (Å²) in [7, 11) is 0. The average Bonchev–Trinajstić information content (AvgIpc) is 2.46. The van der Waals surface area contributed by atoms with E-state index in [1.54, 1.807) is 0 Å². The van der Waals surface area contributed by atoms with Crippen molar-refractivity contribution in [1.82, 2.24) is 10.2 Å². The van der Waals surface area contributed by atoms with Crippen LogP contribution < -0.4 is 5.32 Å². The van der Waals surface area contributed by atoms with Crippen LogP contribution in [-0.4, -0.2) is 37.6 Å². The Hall–Kier alpha value is -0.0800. The molecule has 0 bridgehead atoms. The molecule has 1 saturated carbocycles. The van der Waals surface area contributed by atoms with E-state index in [0.717, 1.165) is 11.8 Å². The molecule has 1 N–H and O–H groups in total. The number of nitrogens with one attached hydrogen (secondary N) is 1. The first-order valence-corrected chi connectivity index (χ1v) is 9.48. The zero-order valence-electron chi connectivity index (χ0n) is 15.4. The Labute approximate surface area is 134 Å². The van der Waals surface area contributed by atoms with Gasteiger partial charge in [0.15, 0.2) is 0 Å². The van der Waals surface area contributed by atoms with Crippen LogP contribution in [0, 0.1) is 17.3 Å². The molecular weight excluding hydrogens is 256 g/mol. The minimum absolute atomic E-state index is 0.524. The van der Waals surface area contributed by atoms with Crippen molar-refractivity contribution in [2.24, 2.45) is 17.3 Å². The monoisotopic (exact) mass is 296 g/mol. The Morgan fingerprint density at radius 1 is 1.29 bits per heavy atom. The van der Waals surface area contributed by atoms with E-state index in [0.29, 0.717) is 5.41 Å². The van der Waals surface area contributed by atoms with Crippen molar-refractivity contribution < 1.29 is 0 Å². The molecule has 2 heteroatoms. The lowest BCUT2D eigenvalue weighted by Crippen LogP contribution is -2.47. The van der Waals surface area contributed by atoms with Gasteiger partial charge in [0.2, 0.25) is 0 Å². The van der Waals surface area contributed by atoms with Crippen LogP contribution in [0.2, 0.25) is 0 Å². The normalized spacial score (nSPS) is 28.0. The number of nitrogens with zero attached hydrogens (tertiary/aromatic N) is 1. The number of hydrogen-bond acceptors (Lipinski definition) is 2. The van der Waals surface area contributed by atoms with Crippen molar-refractivity contribution in [2.75, 3.05) is 32.7 Å². The maximum atomic E-state index is 3.74. The summed E-state index contributed by atoms with van der Waals surface area (Å²) < 4.78 is 0. The van der Waals surface area contributed by atoms with E-state index < -0.39 is 0 Å². The molecule has 0 aromatic heterocycles. The molecule has 1 rings (SSSR count). The van der Waals surface area contributed by atoms with E-state index in [1.807, 2.05) is 0 Å². The van der Waals surface area contributed by atoms with Gasteiger partial charge in [0.1, 0.15) is 0 Å². The number of rotatable bonds is 10. The third-order valence-corrected chi connectivity index (χ3v) is 5.39. The van der Waals surface area contributed by atoms with Crippen LogP contribution in [0.4, 0.5) is 0 Å². The van der Waals surface area contributed by atoms with Crippen molar-refractivity contribution in [3.63, 3.8) is 0 Å². The van der Waals surface area contributed by atoms with Crippen LogP contribution in [0.15, 0.2) is 0 Å². The van der Waals surface area contributed by atoms with Gasteiger partial charge in [0.05, 0.1) is 0 Å². The summed E-state index contributed by atoms with van der Waals surface area (Å²) >= 11 is 0. The molecule has 0 amide bonds. The van der Waals surface area contributed by atoms with Crippen LogP contribution in [0.5, 0.6) is 0 Å². The zero-order valence-corrected chi connectivity index (χ0v) is 15.4. The van der Waals surface area contributed by atoms with Crippen LogP contribution in [0.3, 0.4) is 0 Å². The highest BCUT2D eigenvalue weighted by atomic mass is 15.1. The minimum Gasteiger partial charge on any atom is -0.316 e. The molecule has 0 saturated heterocycles. The Kier molecular flexibility index (Phi) is 8.89. The Morgan fingerprint density at radius 2 is 2.05 bits per heavy atom. The van der Waals surface area contributed by atoms with Gasteiger partial charge in [-0.25, -0.2) is 0 Å². The first kappa shape index (κ1) is 19.0. The third-order valence-electron chi connectivity index (χ3n) is 5.39. The molecule has 126 valence electrons. The Morgan fingerprint density at radius 3 is 2.62 bits per heavy atom. The highest BCUT2D eigenvalue weighted by Crippen LogP contribution is 2.39. The average molecular weight is 297 g/mol. The second-order valence-electron chi connectivity index (χ2n) is 7.72. The lowest BCUT2D eigenvalue weighted by Gasteiger charge is -2.44. The second-order valence-corrected chi connectivity index (χ2v) is 7.72. The van der Waals surface area contributed by atoms with Crippen LogP contribution in [0.25, 0.3) is 0 Å². The quantitative estimate of drug-likeness (QED) is 0.595. The maximum absolute atomic E-state index is 3.74. The summed E-state index contributed by atoms with van der Waals surface area (Å²) in [6.45, 7) is 18.0. The molecule has 2 nitrogen and oxygen atoms in total. The molecule has 21 heavy (non-hydrogen) atoms. The zero-order chi connectivity index (χ0) is 15.7. The highest BCUT2D eigenvalue weighted by Gasteiger charge is 2.36. The van der Waals surface area contributed by atoms with Crippen LogP contribution >= 0.6 is 0 Å². The van der Waals surface area contributed by atoms with Crippen molar-refractivity contribution in [3.05, 3.63) is 0 Å². The summed E-state index contributed by atoms with van der Waals surface area (Å²) in [4.78, 5) is 2.72. The first-order chi connectivity index (χ1) is 10.0. The van der Waals surface area contributed by atoms with Gasteiger partial charge in [-0.05, 0) is 49.6 Å². The summed E-state index contributed by atoms with van der Waals surface area (Å²) in [6.07, 6.45) is 8.25. The van der Waals surface area contributed by atoms with Crippen molar-refractivity contribution in [1.29, 1.82) is 0 Å². The van der Waals surface area contributed by atoms with E-state index >= 15 is 0 Å². The largest absolute Gasteiger partial charge is 0.316 e. The van der Waals surface area contributed by atoms with E-state index in [-0.39, 0.29) is 0 Å². The SMILES string of the molecule is CCCNCC1(CN(CC)CC(C)CC)CCCC(C)C1. The first-order valence-electron chi connectivity index (χ1n) is 9.48. The molecule has 0 aromatic rings. The second kappa shape index (κ2) is 9.84. The minimum atomic E-state index is 0.524. The third kappa shape index (κ3) is 6.69. The Bertz CT molecular complexity index is 266. The summed E-state index contributed by atoms with van der Waals surface area (Å²) in [5.41, 5.74) is 0.524. The van der Waals surface area contributed by atoms with E-state index in [9.17, 15) is 0 Å². The van der Waals surface area contributed by atoms with Gasteiger partial charge in [0.25, 0.3) is 0 Å². The van der Waals surface area contributed by atoms with Crippen molar-refractivity contribution in [3.8, 4) is 0 Å². The molecule has 1 fully saturated rings. The van der Waals surface area contributed by atoms with Gasteiger partial charge < -0.3 is 10.2 Å². The van der Waals surface area contributed by atoms with Gasteiger partial charge >= 0.3 is 0 Å². The highest BCUT2D eigenvalue weighted by molar-refractivity contribution is 4.90. The lowest BCUT2D eigenvalue weighted by molar-refractivity contribution is 0.0754. The Balaban J connectivity index is 2.65. The summed E-state index contributed by atoms with van der Waals surface area (Å²) in [6, 6.07) is 0. The predicted octanol–water partition coefficient (Wildman–Crippen LogP) is 4.55. The van der Waals surface area contributed by atoms with E-state index in [1.165, 1.54) is 71.2 Å². The molecule has 3 atom stereocenters. The maximum Gasteiger partial charge on any atom is 0.00502 e. The summed E-state index contributed by atoms with van der Waals surface area (Å²) in [5, 5.41) is 3.74. The van der Waals surface area contributed by atoms with E-state index in [4.69, 9.17) is 0 Å². The van der Waals surface area contributed by atoms with Crippen LogP contribution in [-0.2, 0) is 0 Å². The van der Waals surface area contributed by atoms with Crippen molar-refractivity contribution >= 4 is 0 Å². The lowest BCUT2D eigenvalue weighted by atomic mass is 9.69. The fraction of sp³-hybridized carbons (Fsp3) is 1.00. The predicted molar refractivity (Wildman–Crippen MR) is 94.8 cm³/mol. The molecule has 0 radical (unpaired) electrons. The molecule has 0 heterocycles. The van der Waals surface area contributed by atoms with E-state index in [2.05, 4.69) is 44.8 Å². The van der Waals surface area contributed by atoms with Gasteiger partial charge in [0, 0.05) is 19.6 Å².